The number of likely N-dealkylation sites (tertiary alicyclic amines) is 1. The first-order chi connectivity index (χ1) is 10.9. The molecule has 2 heterocycles. The average molecular weight is 370 g/mol. The molecule has 0 spiro atoms. The van der Waals surface area contributed by atoms with Crippen LogP contribution in [0.15, 0.2) is 47.8 Å². The Labute approximate surface area is 144 Å². The summed E-state index contributed by atoms with van der Waals surface area (Å²) in [7, 11) is 1.75. The fraction of sp³-hybridized carbons (Fsp3) is 0.312. The summed E-state index contributed by atoms with van der Waals surface area (Å²) >= 11 is 1.59. The molecule has 122 valence electrons. The molecule has 0 N–H and O–H groups in total. The summed E-state index contributed by atoms with van der Waals surface area (Å²) in [4.78, 5) is 15.3. The van der Waals surface area contributed by atoms with Gasteiger partial charge in [0.25, 0.3) is 0 Å². The third-order valence-corrected chi connectivity index (χ3v) is 6.09. The van der Waals surface area contributed by atoms with Gasteiger partial charge in [0.15, 0.2) is 0 Å². The minimum atomic E-state index is -3.60. The first kappa shape index (κ1) is 16.5. The molecule has 1 aromatic carbocycles. The summed E-state index contributed by atoms with van der Waals surface area (Å²) in [6.07, 6.45) is 0.223. The van der Waals surface area contributed by atoms with E-state index in [1.54, 1.807) is 16.2 Å². The number of thiophene rings is 1. The Balaban J connectivity index is 1.90. The predicted molar refractivity (Wildman–Crippen MR) is 92.1 cm³/mol. The van der Waals surface area contributed by atoms with Crippen LogP contribution in [-0.4, -0.2) is 31.5 Å². The van der Waals surface area contributed by atoms with Gasteiger partial charge in [-0.2, -0.15) is 0 Å². The van der Waals surface area contributed by atoms with Gasteiger partial charge >= 0.3 is 0 Å². The van der Waals surface area contributed by atoms with Crippen LogP contribution in [0, 0.1) is 5.92 Å². The third kappa shape index (κ3) is 3.94. The number of nitrogens with zero attached hydrogens (tertiary/aromatic N) is 1. The molecule has 4 nitrogen and oxygen atoms in total. The van der Waals surface area contributed by atoms with Crippen molar-refractivity contribution < 1.29 is 13.2 Å². The van der Waals surface area contributed by atoms with E-state index in [0.29, 0.717) is 6.54 Å². The second-order valence-corrected chi connectivity index (χ2v) is 9.45. The lowest BCUT2D eigenvalue weighted by molar-refractivity contribution is -0.129. The van der Waals surface area contributed by atoms with Gasteiger partial charge in [0, 0.05) is 34.4 Å². The van der Waals surface area contributed by atoms with Crippen LogP contribution >= 0.6 is 22.0 Å². The van der Waals surface area contributed by atoms with E-state index in [4.69, 9.17) is 10.7 Å². The van der Waals surface area contributed by atoms with Crippen molar-refractivity contribution in [1.82, 2.24) is 4.90 Å². The molecule has 2 unspecified atom stereocenters. The molecule has 1 fully saturated rings. The summed E-state index contributed by atoms with van der Waals surface area (Å²) in [6, 6.07) is 13.6. The quantitative estimate of drug-likeness (QED) is 0.760. The first-order valence-electron chi connectivity index (χ1n) is 7.24. The molecule has 7 heteroatoms. The van der Waals surface area contributed by atoms with Crippen molar-refractivity contribution in [3.8, 4) is 0 Å². The van der Waals surface area contributed by atoms with Crippen molar-refractivity contribution in [2.45, 2.75) is 12.5 Å². The molecule has 1 aliphatic rings. The van der Waals surface area contributed by atoms with Crippen LogP contribution in [0.1, 0.15) is 22.9 Å². The van der Waals surface area contributed by atoms with E-state index in [-0.39, 0.29) is 30.0 Å². The molecule has 1 aliphatic heterocycles. The molecule has 0 radical (unpaired) electrons. The molecule has 1 saturated heterocycles. The number of halogens is 1. The molecule has 3 rings (SSSR count). The molecule has 1 aromatic heterocycles. The predicted octanol–water partition coefficient (Wildman–Crippen LogP) is 3.25. The zero-order chi connectivity index (χ0) is 16.4. The minimum Gasteiger partial charge on any atom is -0.330 e. The lowest BCUT2D eigenvalue weighted by atomic mass is 10.0. The standard InChI is InChI=1S/C16H16ClNO3S2/c17-23(20,21)11-12-9-15(19)18(10-12)16(14-7-4-8-22-14)13-5-2-1-3-6-13/h1-8,12,16H,9-11H2. The SMILES string of the molecule is O=C1CC(CS(=O)(=O)Cl)CN1C(c1ccccc1)c1cccs1. The topological polar surface area (TPSA) is 54.5 Å². The van der Waals surface area contributed by atoms with E-state index in [1.165, 1.54) is 0 Å². The van der Waals surface area contributed by atoms with Crippen LogP contribution in [0.2, 0.25) is 0 Å². The molecule has 2 atom stereocenters. The van der Waals surface area contributed by atoms with Crippen molar-refractivity contribution >= 4 is 37.0 Å². The van der Waals surface area contributed by atoms with Crippen LogP contribution in [0.25, 0.3) is 0 Å². The Morgan fingerprint density at radius 1 is 1.22 bits per heavy atom. The highest BCUT2D eigenvalue weighted by atomic mass is 35.7. The van der Waals surface area contributed by atoms with Gasteiger partial charge in [0.1, 0.15) is 0 Å². The Kier molecular flexibility index (Phi) is 4.75. The Morgan fingerprint density at radius 3 is 2.57 bits per heavy atom. The zero-order valence-electron chi connectivity index (χ0n) is 12.3. The minimum absolute atomic E-state index is 0.0300. The van der Waals surface area contributed by atoms with E-state index in [9.17, 15) is 13.2 Å². The molecular weight excluding hydrogens is 354 g/mol. The Bertz CT molecular complexity index is 775. The second kappa shape index (κ2) is 6.63. The van der Waals surface area contributed by atoms with Crippen LogP contribution in [0.3, 0.4) is 0 Å². The highest BCUT2D eigenvalue weighted by Gasteiger charge is 2.37. The van der Waals surface area contributed by atoms with Gasteiger partial charge in [-0.15, -0.1) is 11.3 Å². The van der Waals surface area contributed by atoms with Gasteiger partial charge in [0.05, 0.1) is 11.8 Å². The van der Waals surface area contributed by atoms with E-state index >= 15 is 0 Å². The second-order valence-electron chi connectivity index (χ2n) is 5.65. The largest absolute Gasteiger partial charge is 0.330 e. The zero-order valence-corrected chi connectivity index (χ0v) is 14.7. The maximum atomic E-state index is 12.5. The van der Waals surface area contributed by atoms with Crippen molar-refractivity contribution in [1.29, 1.82) is 0 Å². The lowest BCUT2D eigenvalue weighted by Crippen LogP contribution is -2.31. The summed E-state index contributed by atoms with van der Waals surface area (Å²) in [5, 5.41) is 1.98. The van der Waals surface area contributed by atoms with Gasteiger partial charge in [-0.25, -0.2) is 8.42 Å². The lowest BCUT2D eigenvalue weighted by Gasteiger charge is -2.28. The maximum Gasteiger partial charge on any atom is 0.232 e. The molecule has 1 amide bonds. The van der Waals surface area contributed by atoms with E-state index < -0.39 is 9.05 Å². The van der Waals surface area contributed by atoms with Crippen LogP contribution in [0.5, 0.6) is 0 Å². The Morgan fingerprint density at radius 2 is 1.96 bits per heavy atom. The van der Waals surface area contributed by atoms with E-state index in [0.717, 1.165) is 10.4 Å². The fourth-order valence-electron chi connectivity index (χ4n) is 3.03. The fourth-order valence-corrected chi connectivity index (χ4v) is 5.22. The molecule has 0 saturated carbocycles. The summed E-state index contributed by atoms with van der Waals surface area (Å²) in [5.41, 5.74) is 1.03. The maximum absolute atomic E-state index is 12.5. The number of hydrogen-bond acceptors (Lipinski definition) is 4. The van der Waals surface area contributed by atoms with Crippen molar-refractivity contribution in [3.63, 3.8) is 0 Å². The number of carbonyl (C=O) groups excluding carboxylic acids is 1. The Hall–Kier alpha value is -1.37. The highest BCUT2D eigenvalue weighted by molar-refractivity contribution is 8.13. The van der Waals surface area contributed by atoms with E-state index in [2.05, 4.69) is 0 Å². The van der Waals surface area contributed by atoms with Crippen LogP contribution < -0.4 is 0 Å². The number of benzene rings is 1. The van der Waals surface area contributed by atoms with Gasteiger partial charge in [-0.3, -0.25) is 4.79 Å². The molecule has 0 aliphatic carbocycles. The van der Waals surface area contributed by atoms with Crippen molar-refractivity contribution in [2.75, 3.05) is 12.3 Å². The highest BCUT2D eigenvalue weighted by Crippen LogP contribution is 2.36. The molecular formula is C16H16ClNO3S2. The van der Waals surface area contributed by atoms with Crippen LogP contribution in [0.4, 0.5) is 0 Å². The number of amides is 1. The average Bonchev–Trinajstić information content (AvgIpc) is 3.10. The monoisotopic (exact) mass is 369 g/mol. The number of carbonyl (C=O) groups is 1. The first-order valence-corrected chi connectivity index (χ1v) is 10.6. The normalized spacial score (nSPS) is 20.0. The number of rotatable bonds is 5. The summed E-state index contributed by atoms with van der Waals surface area (Å²) in [6.45, 7) is 0.405. The molecule has 23 heavy (non-hydrogen) atoms. The van der Waals surface area contributed by atoms with Gasteiger partial charge in [-0.05, 0) is 17.0 Å². The smallest absolute Gasteiger partial charge is 0.232 e. The van der Waals surface area contributed by atoms with Gasteiger partial charge in [-0.1, -0.05) is 36.4 Å². The molecule has 0 bridgehead atoms. The van der Waals surface area contributed by atoms with Crippen molar-refractivity contribution in [2.24, 2.45) is 5.92 Å². The van der Waals surface area contributed by atoms with Crippen LogP contribution in [-0.2, 0) is 13.8 Å². The van der Waals surface area contributed by atoms with E-state index in [1.807, 2.05) is 47.8 Å². The van der Waals surface area contributed by atoms with Crippen molar-refractivity contribution in [3.05, 3.63) is 58.3 Å². The third-order valence-electron chi connectivity index (χ3n) is 3.91. The summed E-state index contributed by atoms with van der Waals surface area (Å²) in [5.74, 6) is -0.448. The van der Waals surface area contributed by atoms with Gasteiger partial charge < -0.3 is 4.90 Å². The summed E-state index contributed by atoms with van der Waals surface area (Å²) < 4.78 is 22.6. The number of hydrogen-bond donors (Lipinski definition) is 0. The van der Waals surface area contributed by atoms with Gasteiger partial charge in [0.2, 0.25) is 15.0 Å². The molecule has 2 aromatic rings.